The third kappa shape index (κ3) is 3.00. The summed E-state index contributed by atoms with van der Waals surface area (Å²) in [5, 5.41) is 0. The second-order valence-corrected chi connectivity index (χ2v) is 7.27. The molecule has 0 bridgehead atoms. The number of likely N-dealkylation sites (tertiary alicyclic amines) is 2. The standard InChI is InChI=1S/C17H28N2O3/c1-22-13-17(7-4-8-17)16(21)19-10-2-5-14(12-19)11-18-9-3-6-15(18)20/h14H,2-13H2,1H3/t14-/m0/s1. The molecule has 3 fully saturated rings. The summed E-state index contributed by atoms with van der Waals surface area (Å²) in [4.78, 5) is 28.7. The van der Waals surface area contributed by atoms with E-state index in [2.05, 4.69) is 0 Å². The molecule has 0 radical (unpaired) electrons. The van der Waals surface area contributed by atoms with Crippen molar-refractivity contribution in [1.29, 1.82) is 0 Å². The number of carbonyl (C=O) groups excluding carboxylic acids is 2. The van der Waals surface area contributed by atoms with Crippen LogP contribution in [0.3, 0.4) is 0 Å². The van der Waals surface area contributed by atoms with Crippen molar-refractivity contribution in [2.75, 3.05) is 39.9 Å². The fraction of sp³-hybridized carbons (Fsp3) is 0.882. The number of carbonyl (C=O) groups is 2. The molecule has 0 spiro atoms. The van der Waals surface area contributed by atoms with Gasteiger partial charge in [0.15, 0.2) is 0 Å². The summed E-state index contributed by atoms with van der Waals surface area (Å²) in [6.45, 7) is 3.97. The lowest BCUT2D eigenvalue weighted by molar-refractivity contribution is -0.154. The van der Waals surface area contributed by atoms with Crippen molar-refractivity contribution in [2.24, 2.45) is 11.3 Å². The minimum Gasteiger partial charge on any atom is -0.384 e. The summed E-state index contributed by atoms with van der Waals surface area (Å²) in [6.07, 6.45) is 6.94. The van der Waals surface area contributed by atoms with Crippen molar-refractivity contribution in [3.8, 4) is 0 Å². The predicted octanol–water partition coefficient (Wildman–Crippen LogP) is 1.66. The van der Waals surface area contributed by atoms with Gasteiger partial charge in [0.25, 0.3) is 0 Å². The third-order valence-electron chi connectivity index (χ3n) is 5.64. The summed E-state index contributed by atoms with van der Waals surface area (Å²) in [7, 11) is 1.69. The zero-order valence-electron chi connectivity index (χ0n) is 13.7. The molecular formula is C17H28N2O3. The normalized spacial score (nSPS) is 27.9. The van der Waals surface area contributed by atoms with Gasteiger partial charge < -0.3 is 14.5 Å². The highest BCUT2D eigenvalue weighted by molar-refractivity contribution is 5.84. The molecule has 5 nitrogen and oxygen atoms in total. The first kappa shape index (κ1) is 15.8. The molecule has 0 aromatic rings. The summed E-state index contributed by atoms with van der Waals surface area (Å²) >= 11 is 0. The molecule has 22 heavy (non-hydrogen) atoms. The summed E-state index contributed by atoms with van der Waals surface area (Å²) in [6, 6.07) is 0. The second kappa shape index (κ2) is 6.57. The Labute approximate surface area is 133 Å². The smallest absolute Gasteiger partial charge is 0.231 e. The zero-order chi connectivity index (χ0) is 15.6. The van der Waals surface area contributed by atoms with Gasteiger partial charge >= 0.3 is 0 Å². The monoisotopic (exact) mass is 308 g/mol. The van der Waals surface area contributed by atoms with Crippen LogP contribution in [0.25, 0.3) is 0 Å². The molecule has 124 valence electrons. The van der Waals surface area contributed by atoms with Crippen LogP contribution in [-0.2, 0) is 14.3 Å². The molecule has 3 aliphatic rings. The molecule has 0 N–H and O–H groups in total. The van der Waals surface area contributed by atoms with Crippen LogP contribution in [0.2, 0.25) is 0 Å². The van der Waals surface area contributed by atoms with Crippen molar-refractivity contribution in [3.63, 3.8) is 0 Å². The van der Waals surface area contributed by atoms with Gasteiger partial charge in [-0.15, -0.1) is 0 Å². The predicted molar refractivity (Wildman–Crippen MR) is 83.3 cm³/mol. The highest BCUT2D eigenvalue weighted by atomic mass is 16.5. The number of nitrogens with zero attached hydrogens (tertiary/aromatic N) is 2. The highest BCUT2D eigenvalue weighted by Crippen LogP contribution is 2.43. The van der Waals surface area contributed by atoms with E-state index in [0.717, 1.165) is 64.7 Å². The van der Waals surface area contributed by atoms with E-state index in [9.17, 15) is 9.59 Å². The van der Waals surface area contributed by atoms with Gasteiger partial charge in [-0.25, -0.2) is 0 Å². The number of methoxy groups -OCH3 is 1. The number of ether oxygens (including phenoxy) is 1. The minimum absolute atomic E-state index is 0.250. The average molecular weight is 308 g/mol. The first-order chi connectivity index (χ1) is 10.6. The van der Waals surface area contributed by atoms with Gasteiger partial charge in [0.05, 0.1) is 12.0 Å². The fourth-order valence-electron chi connectivity index (χ4n) is 4.24. The zero-order valence-corrected chi connectivity index (χ0v) is 13.7. The Balaban J connectivity index is 1.58. The van der Waals surface area contributed by atoms with Crippen LogP contribution in [0, 0.1) is 11.3 Å². The van der Waals surface area contributed by atoms with Gasteiger partial charge in [-0.1, -0.05) is 6.42 Å². The van der Waals surface area contributed by atoms with Crippen LogP contribution in [-0.4, -0.2) is 61.5 Å². The van der Waals surface area contributed by atoms with E-state index in [1.54, 1.807) is 7.11 Å². The van der Waals surface area contributed by atoms with Gasteiger partial charge in [0.1, 0.15) is 0 Å². The largest absolute Gasteiger partial charge is 0.384 e. The SMILES string of the molecule is COCC1(C(=O)N2CCC[C@@H](CN3CCCC3=O)C2)CCC1. The topological polar surface area (TPSA) is 49.9 Å². The average Bonchev–Trinajstić information content (AvgIpc) is 2.88. The molecular weight excluding hydrogens is 280 g/mol. The molecule has 1 atom stereocenters. The van der Waals surface area contributed by atoms with Crippen molar-refractivity contribution in [1.82, 2.24) is 9.80 Å². The quantitative estimate of drug-likeness (QED) is 0.776. The van der Waals surface area contributed by atoms with Crippen LogP contribution >= 0.6 is 0 Å². The van der Waals surface area contributed by atoms with Gasteiger partial charge in [-0.2, -0.15) is 0 Å². The maximum Gasteiger partial charge on any atom is 0.231 e. The van der Waals surface area contributed by atoms with Crippen LogP contribution in [0.15, 0.2) is 0 Å². The molecule has 0 aromatic heterocycles. The van der Waals surface area contributed by atoms with Crippen molar-refractivity contribution in [3.05, 3.63) is 0 Å². The Morgan fingerprint density at radius 2 is 2.09 bits per heavy atom. The van der Waals surface area contributed by atoms with Crippen molar-refractivity contribution >= 4 is 11.8 Å². The summed E-state index contributed by atoms with van der Waals surface area (Å²) in [5.41, 5.74) is -0.250. The maximum absolute atomic E-state index is 12.9. The van der Waals surface area contributed by atoms with Crippen molar-refractivity contribution in [2.45, 2.75) is 44.9 Å². The van der Waals surface area contributed by atoms with Gasteiger partial charge in [0, 0.05) is 39.7 Å². The van der Waals surface area contributed by atoms with E-state index < -0.39 is 0 Å². The van der Waals surface area contributed by atoms with Gasteiger partial charge in [-0.05, 0) is 38.0 Å². The molecule has 5 heteroatoms. The number of piperidine rings is 1. The molecule has 2 saturated heterocycles. The lowest BCUT2D eigenvalue weighted by atomic mass is 9.68. The Hall–Kier alpha value is -1.10. The minimum atomic E-state index is -0.250. The van der Waals surface area contributed by atoms with E-state index in [1.165, 1.54) is 0 Å². The number of amides is 2. The van der Waals surface area contributed by atoms with Crippen LogP contribution in [0.4, 0.5) is 0 Å². The van der Waals surface area contributed by atoms with E-state index >= 15 is 0 Å². The molecule has 1 saturated carbocycles. The Bertz CT molecular complexity index is 434. The number of hydrogen-bond acceptors (Lipinski definition) is 3. The summed E-state index contributed by atoms with van der Waals surface area (Å²) in [5.74, 6) is 1.02. The maximum atomic E-state index is 12.9. The lowest BCUT2D eigenvalue weighted by Crippen LogP contribution is -2.53. The van der Waals surface area contributed by atoms with Crippen LogP contribution in [0.5, 0.6) is 0 Å². The highest BCUT2D eigenvalue weighted by Gasteiger charge is 2.47. The molecule has 3 rings (SSSR count). The van der Waals surface area contributed by atoms with Crippen LogP contribution in [0.1, 0.15) is 44.9 Å². The first-order valence-corrected chi connectivity index (χ1v) is 8.71. The van der Waals surface area contributed by atoms with E-state index in [-0.39, 0.29) is 11.3 Å². The molecule has 2 aliphatic heterocycles. The third-order valence-corrected chi connectivity index (χ3v) is 5.64. The lowest BCUT2D eigenvalue weighted by Gasteiger charge is -2.45. The number of rotatable bonds is 5. The first-order valence-electron chi connectivity index (χ1n) is 8.71. The number of hydrogen-bond donors (Lipinski definition) is 0. The van der Waals surface area contributed by atoms with Gasteiger partial charge in [-0.3, -0.25) is 9.59 Å². The van der Waals surface area contributed by atoms with E-state index in [4.69, 9.17) is 4.74 Å². The Kier molecular flexibility index (Phi) is 4.71. The second-order valence-electron chi connectivity index (χ2n) is 7.27. The molecule has 0 aromatic carbocycles. The van der Waals surface area contributed by atoms with E-state index in [0.29, 0.717) is 24.9 Å². The van der Waals surface area contributed by atoms with E-state index in [1.807, 2.05) is 9.80 Å². The van der Waals surface area contributed by atoms with Crippen LogP contribution < -0.4 is 0 Å². The molecule has 2 heterocycles. The summed E-state index contributed by atoms with van der Waals surface area (Å²) < 4.78 is 5.31. The van der Waals surface area contributed by atoms with Gasteiger partial charge in [0.2, 0.25) is 11.8 Å². The molecule has 1 aliphatic carbocycles. The van der Waals surface area contributed by atoms with Crippen molar-refractivity contribution < 1.29 is 14.3 Å². The Morgan fingerprint density at radius 3 is 2.68 bits per heavy atom. The Morgan fingerprint density at radius 1 is 1.27 bits per heavy atom. The fourth-order valence-corrected chi connectivity index (χ4v) is 4.24. The molecule has 0 unspecified atom stereocenters. The molecule has 2 amide bonds.